The molecule has 2 rings (SSSR count). The standard InChI is InChI=1S/C16H16N2O/c1-13-2-4-14(5-3-13)12-18-15-6-8-16(9-7-15)19-11-10-17/h2-9,18H,11-12H2,1H3. The van der Waals surface area contributed by atoms with E-state index in [4.69, 9.17) is 10.00 Å². The van der Waals surface area contributed by atoms with Gasteiger partial charge in [0.25, 0.3) is 0 Å². The van der Waals surface area contributed by atoms with Gasteiger partial charge in [0, 0.05) is 12.2 Å². The normalized spacial score (nSPS) is 9.68. The Bertz CT molecular complexity index is 553. The largest absolute Gasteiger partial charge is 0.479 e. The van der Waals surface area contributed by atoms with Gasteiger partial charge in [-0.2, -0.15) is 5.26 Å². The fraction of sp³-hybridized carbons (Fsp3) is 0.188. The van der Waals surface area contributed by atoms with Gasteiger partial charge in [0.15, 0.2) is 6.61 Å². The molecule has 0 bridgehead atoms. The van der Waals surface area contributed by atoms with Gasteiger partial charge in [0.1, 0.15) is 11.8 Å². The van der Waals surface area contributed by atoms with Crippen molar-refractivity contribution in [2.45, 2.75) is 13.5 Å². The van der Waals surface area contributed by atoms with E-state index in [0.717, 1.165) is 12.2 Å². The average Bonchev–Trinajstić information content (AvgIpc) is 2.46. The summed E-state index contributed by atoms with van der Waals surface area (Å²) in [5.41, 5.74) is 3.54. The number of aryl methyl sites for hydroxylation is 1. The first-order valence-corrected chi connectivity index (χ1v) is 6.17. The summed E-state index contributed by atoms with van der Waals surface area (Å²) in [5.74, 6) is 0.711. The van der Waals surface area contributed by atoms with Crippen LogP contribution in [0.3, 0.4) is 0 Å². The molecule has 0 aliphatic heterocycles. The lowest BCUT2D eigenvalue weighted by Crippen LogP contribution is -1.99. The topological polar surface area (TPSA) is 45.0 Å². The maximum absolute atomic E-state index is 8.42. The second kappa shape index (κ2) is 6.46. The molecule has 0 radical (unpaired) electrons. The Labute approximate surface area is 113 Å². The van der Waals surface area contributed by atoms with Crippen LogP contribution in [0.25, 0.3) is 0 Å². The van der Waals surface area contributed by atoms with E-state index in [2.05, 4.69) is 36.5 Å². The smallest absolute Gasteiger partial charge is 0.174 e. The fourth-order valence-electron chi connectivity index (χ4n) is 1.69. The minimum Gasteiger partial charge on any atom is -0.479 e. The predicted molar refractivity (Wildman–Crippen MR) is 76.1 cm³/mol. The van der Waals surface area contributed by atoms with Crippen LogP contribution in [0.1, 0.15) is 11.1 Å². The van der Waals surface area contributed by atoms with E-state index in [1.165, 1.54) is 11.1 Å². The summed E-state index contributed by atoms with van der Waals surface area (Å²) in [7, 11) is 0. The molecule has 2 aromatic rings. The van der Waals surface area contributed by atoms with Gasteiger partial charge in [-0.15, -0.1) is 0 Å². The van der Waals surface area contributed by atoms with E-state index < -0.39 is 0 Å². The molecule has 1 N–H and O–H groups in total. The Kier molecular flexibility index (Phi) is 4.41. The zero-order valence-electron chi connectivity index (χ0n) is 10.9. The molecule has 3 nitrogen and oxygen atoms in total. The zero-order valence-corrected chi connectivity index (χ0v) is 10.9. The molecule has 0 aliphatic rings. The highest BCUT2D eigenvalue weighted by atomic mass is 16.5. The number of rotatable bonds is 5. The number of nitrogens with zero attached hydrogens (tertiary/aromatic N) is 1. The van der Waals surface area contributed by atoms with E-state index in [9.17, 15) is 0 Å². The second-order valence-electron chi connectivity index (χ2n) is 4.31. The summed E-state index contributed by atoms with van der Waals surface area (Å²) in [6.45, 7) is 2.95. The lowest BCUT2D eigenvalue weighted by Gasteiger charge is -2.08. The third-order valence-electron chi connectivity index (χ3n) is 2.77. The first kappa shape index (κ1) is 13.0. The van der Waals surface area contributed by atoms with Crippen molar-refractivity contribution in [3.05, 3.63) is 59.7 Å². The molecule has 0 spiro atoms. The lowest BCUT2D eigenvalue weighted by atomic mass is 10.1. The van der Waals surface area contributed by atoms with Gasteiger partial charge in [-0.25, -0.2) is 0 Å². The number of ether oxygens (including phenoxy) is 1. The molecular formula is C16H16N2O. The van der Waals surface area contributed by atoms with Crippen molar-refractivity contribution in [3.63, 3.8) is 0 Å². The van der Waals surface area contributed by atoms with Crippen molar-refractivity contribution < 1.29 is 4.74 Å². The SMILES string of the molecule is Cc1ccc(CNc2ccc(OCC#N)cc2)cc1. The number of nitrogens with one attached hydrogen (secondary N) is 1. The Morgan fingerprint density at radius 1 is 1.05 bits per heavy atom. The number of hydrogen-bond donors (Lipinski definition) is 1. The molecule has 3 heteroatoms. The summed E-state index contributed by atoms with van der Waals surface area (Å²) in [6.07, 6.45) is 0. The molecule has 0 saturated carbocycles. The molecule has 0 heterocycles. The quantitative estimate of drug-likeness (QED) is 0.885. The number of anilines is 1. The minimum atomic E-state index is 0.0795. The summed E-state index contributed by atoms with van der Waals surface area (Å²) in [4.78, 5) is 0. The molecule has 0 fully saturated rings. The van der Waals surface area contributed by atoms with Crippen LogP contribution < -0.4 is 10.1 Å². The first-order chi connectivity index (χ1) is 9.28. The van der Waals surface area contributed by atoms with Crippen LogP contribution in [0.5, 0.6) is 5.75 Å². The van der Waals surface area contributed by atoms with Crippen LogP contribution >= 0.6 is 0 Å². The highest BCUT2D eigenvalue weighted by molar-refractivity contribution is 5.46. The maximum Gasteiger partial charge on any atom is 0.174 e. The van der Waals surface area contributed by atoms with Crippen molar-refractivity contribution >= 4 is 5.69 Å². The third kappa shape index (κ3) is 4.04. The first-order valence-electron chi connectivity index (χ1n) is 6.17. The molecule has 96 valence electrons. The van der Waals surface area contributed by atoms with Gasteiger partial charge < -0.3 is 10.1 Å². The van der Waals surface area contributed by atoms with Crippen molar-refractivity contribution in [2.24, 2.45) is 0 Å². The molecule has 0 amide bonds. The molecule has 0 saturated heterocycles. The van der Waals surface area contributed by atoms with Gasteiger partial charge in [0.05, 0.1) is 0 Å². The molecule has 2 aromatic carbocycles. The molecule has 0 unspecified atom stereocenters. The number of nitriles is 1. The lowest BCUT2D eigenvalue weighted by molar-refractivity contribution is 0.368. The van der Waals surface area contributed by atoms with Crippen LogP contribution in [0.4, 0.5) is 5.69 Å². The molecule has 19 heavy (non-hydrogen) atoms. The van der Waals surface area contributed by atoms with Crippen molar-refractivity contribution in [2.75, 3.05) is 11.9 Å². The Morgan fingerprint density at radius 3 is 2.37 bits per heavy atom. The van der Waals surface area contributed by atoms with Crippen LogP contribution in [0.2, 0.25) is 0 Å². The Hall–Kier alpha value is -2.47. The molecule has 0 atom stereocenters. The van der Waals surface area contributed by atoms with Gasteiger partial charge >= 0.3 is 0 Å². The Morgan fingerprint density at radius 2 is 1.74 bits per heavy atom. The number of hydrogen-bond acceptors (Lipinski definition) is 3. The van der Waals surface area contributed by atoms with Crippen molar-refractivity contribution in [1.82, 2.24) is 0 Å². The minimum absolute atomic E-state index is 0.0795. The van der Waals surface area contributed by atoms with Gasteiger partial charge in [-0.1, -0.05) is 29.8 Å². The van der Waals surface area contributed by atoms with Crippen LogP contribution in [-0.4, -0.2) is 6.61 Å². The van der Waals surface area contributed by atoms with E-state index in [0.29, 0.717) is 5.75 Å². The van der Waals surface area contributed by atoms with Crippen molar-refractivity contribution in [1.29, 1.82) is 5.26 Å². The monoisotopic (exact) mass is 252 g/mol. The van der Waals surface area contributed by atoms with E-state index >= 15 is 0 Å². The maximum atomic E-state index is 8.42. The van der Waals surface area contributed by atoms with Crippen LogP contribution in [-0.2, 0) is 6.54 Å². The fourth-order valence-corrected chi connectivity index (χ4v) is 1.69. The van der Waals surface area contributed by atoms with Crippen LogP contribution in [0, 0.1) is 18.3 Å². The average molecular weight is 252 g/mol. The van der Waals surface area contributed by atoms with E-state index in [-0.39, 0.29) is 6.61 Å². The van der Waals surface area contributed by atoms with Gasteiger partial charge in [-0.3, -0.25) is 0 Å². The highest BCUT2D eigenvalue weighted by Gasteiger charge is 1.96. The van der Waals surface area contributed by atoms with Crippen molar-refractivity contribution in [3.8, 4) is 11.8 Å². The number of benzene rings is 2. The van der Waals surface area contributed by atoms with Crippen LogP contribution in [0.15, 0.2) is 48.5 Å². The summed E-state index contributed by atoms with van der Waals surface area (Å²) in [6, 6.07) is 18.0. The Balaban J connectivity index is 1.89. The molecule has 0 aliphatic carbocycles. The van der Waals surface area contributed by atoms with E-state index in [1.807, 2.05) is 30.3 Å². The predicted octanol–water partition coefficient (Wildman–Crippen LogP) is 3.51. The highest BCUT2D eigenvalue weighted by Crippen LogP contribution is 2.16. The molecular weight excluding hydrogens is 236 g/mol. The van der Waals surface area contributed by atoms with Gasteiger partial charge in [-0.05, 0) is 36.8 Å². The summed E-state index contributed by atoms with van der Waals surface area (Å²) < 4.78 is 5.20. The zero-order chi connectivity index (χ0) is 13.5. The summed E-state index contributed by atoms with van der Waals surface area (Å²) >= 11 is 0. The van der Waals surface area contributed by atoms with Gasteiger partial charge in [0.2, 0.25) is 0 Å². The molecule has 0 aromatic heterocycles. The second-order valence-corrected chi connectivity index (χ2v) is 4.31. The summed E-state index contributed by atoms with van der Waals surface area (Å²) in [5, 5.41) is 11.8. The van der Waals surface area contributed by atoms with E-state index in [1.54, 1.807) is 0 Å². The third-order valence-corrected chi connectivity index (χ3v) is 2.77.